The Kier molecular flexibility index (Phi) is 3.65. The molecule has 0 saturated carbocycles. The summed E-state index contributed by atoms with van der Waals surface area (Å²) in [6.07, 6.45) is 3.33. The molecule has 0 bridgehead atoms. The van der Waals surface area contributed by atoms with Crippen LogP contribution in [0.2, 0.25) is 5.02 Å². The van der Waals surface area contributed by atoms with Crippen molar-refractivity contribution >= 4 is 23.6 Å². The van der Waals surface area contributed by atoms with Crippen LogP contribution in [0.4, 0.5) is 4.39 Å². The molecular formula is C10H9ClFNO. The third-order valence-electron chi connectivity index (χ3n) is 1.57. The molecule has 0 fully saturated rings. The number of hydrogen-bond acceptors (Lipinski definition) is 1. The van der Waals surface area contributed by atoms with Gasteiger partial charge in [-0.1, -0.05) is 29.8 Å². The number of amides is 1. The van der Waals surface area contributed by atoms with Crippen LogP contribution in [0, 0.1) is 5.82 Å². The fourth-order valence-corrected chi connectivity index (χ4v) is 1.04. The summed E-state index contributed by atoms with van der Waals surface area (Å²) in [6.45, 7) is 0. The molecule has 0 radical (unpaired) electrons. The van der Waals surface area contributed by atoms with E-state index in [1.165, 1.54) is 12.1 Å². The molecular weight excluding hydrogens is 205 g/mol. The van der Waals surface area contributed by atoms with Gasteiger partial charge in [-0.2, -0.15) is 0 Å². The van der Waals surface area contributed by atoms with Crippen LogP contribution >= 0.6 is 11.6 Å². The highest BCUT2D eigenvalue weighted by Gasteiger charge is 1.98. The molecule has 0 spiro atoms. The highest BCUT2D eigenvalue weighted by atomic mass is 35.5. The van der Waals surface area contributed by atoms with E-state index in [0.717, 1.165) is 0 Å². The van der Waals surface area contributed by atoms with E-state index >= 15 is 0 Å². The van der Waals surface area contributed by atoms with Gasteiger partial charge in [0.2, 0.25) is 5.91 Å². The number of primary amides is 1. The smallest absolute Gasteiger partial charge is 0.221 e. The van der Waals surface area contributed by atoms with Crippen LogP contribution in [-0.4, -0.2) is 5.91 Å². The van der Waals surface area contributed by atoms with E-state index in [1.54, 1.807) is 18.2 Å². The SMILES string of the molecule is NC(=O)CC=Cc1ccc(Cl)c(F)c1. The van der Waals surface area contributed by atoms with Crippen LogP contribution < -0.4 is 5.73 Å². The monoisotopic (exact) mass is 213 g/mol. The molecule has 0 saturated heterocycles. The lowest BCUT2D eigenvalue weighted by Crippen LogP contribution is -2.07. The standard InChI is InChI=1S/C10H9ClFNO/c11-8-5-4-7(6-9(8)12)2-1-3-10(13)14/h1-2,4-6H,3H2,(H2,13,14). The summed E-state index contributed by atoms with van der Waals surface area (Å²) in [4.78, 5) is 10.4. The summed E-state index contributed by atoms with van der Waals surface area (Å²) in [5, 5.41) is 0.0806. The van der Waals surface area contributed by atoms with Gasteiger partial charge in [-0.3, -0.25) is 4.79 Å². The molecule has 1 aromatic carbocycles. The van der Waals surface area contributed by atoms with E-state index in [0.29, 0.717) is 5.56 Å². The van der Waals surface area contributed by atoms with Gasteiger partial charge in [0.15, 0.2) is 0 Å². The molecule has 0 atom stereocenters. The Balaban J connectivity index is 2.73. The van der Waals surface area contributed by atoms with Crippen molar-refractivity contribution in [3.63, 3.8) is 0 Å². The van der Waals surface area contributed by atoms with E-state index in [9.17, 15) is 9.18 Å². The van der Waals surface area contributed by atoms with E-state index < -0.39 is 11.7 Å². The summed E-state index contributed by atoms with van der Waals surface area (Å²) >= 11 is 5.49. The van der Waals surface area contributed by atoms with Crippen molar-refractivity contribution in [2.45, 2.75) is 6.42 Å². The third kappa shape index (κ3) is 3.18. The van der Waals surface area contributed by atoms with Gasteiger partial charge in [0, 0.05) is 6.42 Å². The zero-order chi connectivity index (χ0) is 10.6. The average Bonchev–Trinajstić information content (AvgIpc) is 2.10. The average molecular weight is 214 g/mol. The van der Waals surface area contributed by atoms with E-state index in [1.807, 2.05) is 0 Å². The first kappa shape index (κ1) is 10.7. The molecule has 1 amide bonds. The van der Waals surface area contributed by atoms with Crippen molar-refractivity contribution < 1.29 is 9.18 Å². The number of hydrogen-bond donors (Lipinski definition) is 1. The molecule has 0 aliphatic heterocycles. The Morgan fingerprint density at radius 1 is 1.57 bits per heavy atom. The summed E-state index contributed by atoms with van der Waals surface area (Å²) in [7, 11) is 0. The summed E-state index contributed by atoms with van der Waals surface area (Å²) in [5.41, 5.74) is 5.57. The maximum Gasteiger partial charge on any atom is 0.221 e. The van der Waals surface area contributed by atoms with Crippen molar-refractivity contribution in [2.75, 3.05) is 0 Å². The molecule has 1 rings (SSSR count). The Labute approximate surface area is 86.2 Å². The van der Waals surface area contributed by atoms with Gasteiger partial charge in [-0.15, -0.1) is 0 Å². The van der Waals surface area contributed by atoms with Gasteiger partial charge in [0.05, 0.1) is 5.02 Å². The zero-order valence-corrected chi connectivity index (χ0v) is 8.09. The van der Waals surface area contributed by atoms with Gasteiger partial charge >= 0.3 is 0 Å². The second-order valence-electron chi connectivity index (χ2n) is 2.75. The second kappa shape index (κ2) is 4.77. The third-order valence-corrected chi connectivity index (χ3v) is 1.88. The predicted molar refractivity (Wildman–Crippen MR) is 54.3 cm³/mol. The van der Waals surface area contributed by atoms with Crippen LogP contribution in [0.3, 0.4) is 0 Å². The molecule has 0 aromatic heterocycles. The molecule has 2 nitrogen and oxygen atoms in total. The van der Waals surface area contributed by atoms with Crippen molar-refractivity contribution in [1.82, 2.24) is 0 Å². The molecule has 74 valence electrons. The first-order valence-corrected chi connectivity index (χ1v) is 4.37. The predicted octanol–water partition coefficient (Wildman–Crippen LogP) is 2.37. The number of carbonyl (C=O) groups excluding carboxylic acids is 1. The first-order chi connectivity index (χ1) is 6.59. The number of nitrogens with two attached hydrogens (primary N) is 1. The second-order valence-corrected chi connectivity index (χ2v) is 3.15. The Hall–Kier alpha value is -1.35. The Morgan fingerprint density at radius 2 is 2.29 bits per heavy atom. The lowest BCUT2D eigenvalue weighted by molar-refractivity contribution is -0.117. The van der Waals surface area contributed by atoms with Crippen molar-refractivity contribution in [3.05, 3.63) is 40.7 Å². The summed E-state index contributed by atoms with van der Waals surface area (Å²) < 4.78 is 12.9. The number of halogens is 2. The fraction of sp³-hybridized carbons (Fsp3) is 0.100. The summed E-state index contributed by atoms with van der Waals surface area (Å²) in [6, 6.07) is 4.41. The zero-order valence-electron chi connectivity index (χ0n) is 7.34. The van der Waals surface area contributed by atoms with Gasteiger partial charge in [-0.05, 0) is 17.7 Å². The highest BCUT2D eigenvalue weighted by molar-refractivity contribution is 6.30. The van der Waals surface area contributed by atoms with Gasteiger partial charge in [-0.25, -0.2) is 4.39 Å². The Morgan fingerprint density at radius 3 is 2.86 bits per heavy atom. The van der Waals surface area contributed by atoms with Crippen LogP contribution in [0.5, 0.6) is 0 Å². The largest absolute Gasteiger partial charge is 0.369 e. The molecule has 0 aliphatic rings. The minimum Gasteiger partial charge on any atom is -0.369 e. The van der Waals surface area contributed by atoms with Crippen molar-refractivity contribution in [2.24, 2.45) is 5.73 Å². The van der Waals surface area contributed by atoms with Crippen LogP contribution in [-0.2, 0) is 4.79 Å². The molecule has 0 unspecified atom stereocenters. The van der Waals surface area contributed by atoms with Gasteiger partial charge < -0.3 is 5.73 Å². The molecule has 2 N–H and O–H groups in total. The van der Waals surface area contributed by atoms with Crippen molar-refractivity contribution in [1.29, 1.82) is 0 Å². The van der Waals surface area contributed by atoms with Gasteiger partial charge in [0.1, 0.15) is 5.82 Å². The van der Waals surface area contributed by atoms with Crippen molar-refractivity contribution in [3.8, 4) is 0 Å². The molecule has 1 aromatic rings. The van der Waals surface area contributed by atoms with E-state index in [4.69, 9.17) is 17.3 Å². The normalized spacial score (nSPS) is 10.7. The minimum atomic E-state index is -0.479. The topological polar surface area (TPSA) is 43.1 Å². The quantitative estimate of drug-likeness (QED) is 0.823. The molecule has 4 heteroatoms. The first-order valence-electron chi connectivity index (χ1n) is 3.99. The van der Waals surface area contributed by atoms with E-state index in [2.05, 4.69) is 0 Å². The maximum atomic E-state index is 12.9. The Bertz CT molecular complexity index is 376. The number of rotatable bonds is 3. The van der Waals surface area contributed by atoms with E-state index in [-0.39, 0.29) is 11.4 Å². The highest BCUT2D eigenvalue weighted by Crippen LogP contribution is 2.16. The molecule has 0 aliphatic carbocycles. The minimum absolute atomic E-state index is 0.0806. The van der Waals surface area contributed by atoms with Gasteiger partial charge in [0.25, 0.3) is 0 Å². The summed E-state index contributed by atoms with van der Waals surface area (Å²) in [5.74, 6) is -0.899. The number of benzene rings is 1. The fourth-order valence-electron chi connectivity index (χ4n) is 0.927. The molecule has 14 heavy (non-hydrogen) atoms. The maximum absolute atomic E-state index is 12.9. The van der Waals surface area contributed by atoms with Crippen LogP contribution in [0.25, 0.3) is 6.08 Å². The van der Waals surface area contributed by atoms with Crippen LogP contribution in [0.1, 0.15) is 12.0 Å². The van der Waals surface area contributed by atoms with Crippen LogP contribution in [0.15, 0.2) is 24.3 Å². The molecule has 0 heterocycles. The lowest BCUT2D eigenvalue weighted by atomic mass is 10.2. The number of carbonyl (C=O) groups is 1. The lowest BCUT2D eigenvalue weighted by Gasteiger charge is -1.95.